The van der Waals surface area contributed by atoms with Crippen molar-refractivity contribution < 1.29 is 23.1 Å². The summed E-state index contributed by atoms with van der Waals surface area (Å²) >= 11 is 0. The lowest BCUT2D eigenvalue weighted by Gasteiger charge is -2.37. The molecule has 2 heterocycles. The first-order valence-electron chi connectivity index (χ1n) is 8.63. The van der Waals surface area contributed by atoms with E-state index < -0.39 is 23.9 Å². The summed E-state index contributed by atoms with van der Waals surface area (Å²) in [6.45, 7) is 0.267. The summed E-state index contributed by atoms with van der Waals surface area (Å²) in [6, 6.07) is 9.71. The molecule has 0 saturated heterocycles. The molecule has 29 heavy (non-hydrogen) atoms. The Hall–Kier alpha value is -3.63. The smallest absolute Gasteiger partial charge is 0.416 e. The number of hydrogen-bond acceptors (Lipinski definition) is 5. The van der Waals surface area contributed by atoms with Crippen LogP contribution >= 0.6 is 0 Å². The monoisotopic (exact) mass is 404 g/mol. The molecule has 1 atom stereocenters. The van der Waals surface area contributed by atoms with Gasteiger partial charge in [-0.25, -0.2) is 9.89 Å². The lowest BCUT2D eigenvalue weighted by molar-refractivity contribution is -0.137. The van der Waals surface area contributed by atoms with Crippen LogP contribution in [0.15, 0.2) is 42.5 Å². The van der Waals surface area contributed by atoms with Crippen LogP contribution in [0.3, 0.4) is 0 Å². The Balaban J connectivity index is 1.78. The highest BCUT2D eigenvalue weighted by molar-refractivity contribution is 5.77. The Bertz CT molecular complexity index is 1020. The molecule has 8 nitrogen and oxygen atoms in total. The van der Waals surface area contributed by atoms with E-state index in [1.54, 1.807) is 17.0 Å². The van der Waals surface area contributed by atoms with Crippen LogP contribution in [0.1, 0.15) is 11.1 Å². The SMILES string of the molecule is O=C(O)NC1Cc2c(-c3nnn[nH]3)cccc2N(c2ccc(C(F)(F)F)cc2)C1. The lowest BCUT2D eigenvalue weighted by Crippen LogP contribution is -2.46. The van der Waals surface area contributed by atoms with Crippen molar-refractivity contribution in [2.45, 2.75) is 18.6 Å². The number of benzene rings is 2. The molecule has 0 bridgehead atoms. The molecule has 0 aliphatic carbocycles. The lowest BCUT2D eigenvalue weighted by atomic mass is 9.92. The summed E-state index contributed by atoms with van der Waals surface area (Å²) in [6.07, 6.45) is -5.22. The number of alkyl halides is 3. The van der Waals surface area contributed by atoms with E-state index in [4.69, 9.17) is 5.11 Å². The van der Waals surface area contributed by atoms with E-state index in [1.807, 2.05) is 6.07 Å². The van der Waals surface area contributed by atoms with E-state index in [0.29, 0.717) is 23.5 Å². The third-order valence-electron chi connectivity index (χ3n) is 4.73. The van der Waals surface area contributed by atoms with Crippen molar-refractivity contribution in [1.82, 2.24) is 25.9 Å². The predicted octanol–water partition coefficient (Wildman–Crippen LogP) is 3.22. The Labute approximate surface area is 162 Å². The maximum absolute atomic E-state index is 12.9. The number of hydrogen-bond donors (Lipinski definition) is 3. The normalized spacial score (nSPS) is 16.4. The molecule has 150 valence electrons. The number of aromatic nitrogens is 4. The number of anilines is 2. The molecule has 1 unspecified atom stereocenters. The van der Waals surface area contributed by atoms with Crippen LogP contribution in [0, 0.1) is 0 Å². The van der Waals surface area contributed by atoms with Gasteiger partial charge in [0.15, 0.2) is 5.82 Å². The number of carbonyl (C=O) groups is 1. The molecular weight excluding hydrogens is 389 g/mol. The number of halogens is 3. The van der Waals surface area contributed by atoms with Crippen molar-refractivity contribution in [2.75, 3.05) is 11.4 Å². The molecular formula is C18H15F3N6O2. The van der Waals surface area contributed by atoms with Crippen molar-refractivity contribution in [1.29, 1.82) is 0 Å². The van der Waals surface area contributed by atoms with Gasteiger partial charge in [0, 0.05) is 23.5 Å². The molecule has 1 amide bonds. The molecule has 3 N–H and O–H groups in total. The fourth-order valence-electron chi connectivity index (χ4n) is 3.51. The largest absolute Gasteiger partial charge is 0.465 e. The van der Waals surface area contributed by atoms with Crippen molar-refractivity contribution in [3.05, 3.63) is 53.6 Å². The molecule has 0 spiro atoms. The molecule has 3 aromatic rings. The Kier molecular flexibility index (Phi) is 4.57. The molecule has 0 saturated carbocycles. The highest BCUT2D eigenvalue weighted by atomic mass is 19.4. The summed E-state index contributed by atoms with van der Waals surface area (Å²) in [4.78, 5) is 13.0. The quantitative estimate of drug-likeness (QED) is 0.619. The van der Waals surface area contributed by atoms with Crippen molar-refractivity contribution >= 4 is 17.5 Å². The zero-order valence-electron chi connectivity index (χ0n) is 14.8. The van der Waals surface area contributed by atoms with Crippen LogP contribution in [0.2, 0.25) is 0 Å². The van der Waals surface area contributed by atoms with Crippen LogP contribution < -0.4 is 10.2 Å². The van der Waals surface area contributed by atoms with Gasteiger partial charge in [0.1, 0.15) is 0 Å². The van der Waals surface area contributed by atoms with Gasteiger partial charge in [-0.15, -0.1) is 5.10 Å². The standard InChI is InChI=1S/C18H15F3N6O2/c19-18(20,21)10-4-6-12(7-5-10)27-9-11(22-17(28)29)8-14-13(2-1-3-15(14)27)16-23-25-26-24-16/h1-7,11,22H,8-9H2,(H,28,29)(H,23,24,25,26). The van der Waals surface area contributed by atoms with Crippen molar-refractivity contribution in [3.8, 4) is 11.4 Å². The zero-order chi connectivity index (χ0) is 20.6. The van der Waals surface area contributed by atoms with E-state index in [1.165, 1.54) is 12.1 Å². The summed E-state index contributed by atoms with van der Waals surface area (Å²) < 4.78 is 38.7. The first-order valence-corrected chi connectivity index (χ1v) is 8.63. The van der Waals surface area contributed by atoms with Gasteiger partial charge in [0.25, 0.3) is 0 Å². The number of nitrogens with one attached hydrogen (secondary N) is 2. The first-order chi connectivity index (χ1) is 13.8. The third-order valence-corrected chi connectivity index (χ3v) is 4.73. The molecule has 0 radical (unpaired) electrons. The summed E-state index contributed by atoms with van der Waals surface area (Å²) in [5, 5.41) is 25.4. The van der Waals surface area contributed by atoms with Gasteiger partial charge < -0.3 is 15.3 Å². The maximum atomic E-state index is 12.9. The number of H-pyrrole nitrogens is 1. The van der Waals surface area contributed by atoms with E-state index in [-0.39, 0.29) is 6.54 Å². The van der Waals surface area contributed by atoms with Gasteiger partial charge in [-0.1, -0.05) is 12.1 Å². The first kappa shape index (κ1) is 18.7. The fraction of sp³-hybridized carbons (Fsp3) is 0.222. The predicted molar refractivity (Wildman–Crippen MR) is 96.7 cm³/mol. The summed E-state index contributed by atoms with van der Waals surface area (Å²) in [7, 11) is 0. The second-order valence-electron chi connectivity index (χ2n) is 6.56. The van der Waals surface area contributed by atoms with Crippen molar-refractivity contribution in [3.63, 3.8) is 0 Å². The van der Waals surface area contributed by atoms with Gasteiger partial charge in [-0.3, -0.25) is 0 Å². The Morgan fingerprint density at radius 2 is 1.97 bits per heavy atom. The van der Waals surface area contributed by atoms with Crippen LogP contribution in [0.4, 0.5) is 29.3 Å². The molecule has 11 heteroatoms. The maximum Gasteiger partial charge on any atom is 0.416 e. The molecule has 1 aliphatic heterocycles. The minimum absolute atomic E-state index is 0.267. The number of nitrogens with zero attached hydrogens (tertiary/aromatic N) is 4. The molecule has 2 aromatic carbocycles. The highest BCUT2D eigenvalue weighted by Crippen LogP contribution is 2.39. The molecule has 0 fully saturated rings. The average Bonchev–Trinajstić information content (AvgIpc) is 3.20. The molecule has 4 rings (SSSR count). The second-order valence-corrected chi connectivity index (χ2v) is 6.56. The van der Waals surface area contributed by atoms with Gasteiger partial charge in [-0.05, 0) is 52.7 Å². The van der Waals surface area contributed by atoms with Gasteiger partial charge in [0.05, 0.1) is 11.6 Å². The van der Waals surface area contributed by atoms with E-state index >= 15 is 0 Å². The topological polar surface area (TPSA) is 107 Å². The third kappa shape index (κ3) is 3.71. The number of aromatic amines is 1. The summed E-state index contributed by atoms with van der Waals surface area (Å²) in [5.41, 5.74) is 2.00. The average molecular weight is 404 g/mol. The van der Waals surface area contributed by atoms with E-state index in [0.717, 1.165) is 23.4 Å². The molecule has 1 aliphatic rings. The van der Waals surface area contributed by atoms with Crippen LogP contribution in [-0.2, 0) is 12.6 Å². The van der Waals surface area contributed by atoms with Gasteiger partial charge >= 0.3 is 12.3 Å². The van der Waals surface area contributed by atoms with Crippen LogP contribution in [-0.4, -0.2) is 44.4 Å². The Morgan fingerprint density at radius 3 is 2.59 bits per heavy atom. The number of amides is 1. The summed E-state index contributed by atoms with van der Waals surface area (Å²) in [5.74, 6) is 0.421. The Morgan fingerprint density at radius 1 is 1.21 bits per heavy atom. The number of tetrazole rings is 1. The number of carboxylic acid groups (broad SMARTS) is 1. The van der Waals surface area contributed by atoms with Crippen LogP contribution in [0.5, 0.6) is 0 Å². The van der Waals surface area contributed by atoms with Crippen LogP contribution in [0.25, 0.3) is 11.4 Å². The number of fused-ring (bicyclic) bond motifs is 1. The van der Waals surface area contributed by atoms with Crippen molar-refractivity contribution in [2.24, 2.45) is 0 Å². The highest BCUT2D eigenvalue weighted by Gasteiger charge is 2.32. The fourth-order valence-corrected chi connectivity index (χ4v) is 3.51. The minimum Gasteiger partial charge on any atom is -0.465 e. The minimum atomic E-state index is -4.43. The van der Waals surface area contributed by atoms with E-state index in [9.17, 15) is 18.0 Å². The molecule has 1 aromatic heterocycles. The number of rotatable bonds is 3. The zero-order valence-corrected chi connectivity index (χ0v) is 14.8. The second kappa shape index (κ2) is 7.08. The van der Waals surface area contributed by atoms with Gasteiger partial charge in [-0.2, -0.15) is 13.2 Å². The van der Waals surface area contributed by atoms with Gasteiger partial charge in [0.2, 0.25) is 0 Å². The van der Waals surface area contributed by atoms with E-state index in [2.05, 4.69) is 25.9 Å².